The predicted molar refractivity (Wildman–Crippen MR) is 58.1 cm³/mol. The zero-order chi connectivity index (χ0) is 15.1. The van der Waals surface area contributed by atoms with Gasteiger partial charge in [-0.3, -0.25) is 4.79 Å². The first-order valence-corrected chi connectivity index (χ1v) is 5.62. The van der Waals surface area contributed by atoms with Crippen molar-refractivity contribution in [3.05, 3.63) is 23.8 Å². The number of fused-ring (bicyclic) bond motifs is 1. The lowest BCUT2D eigenvalue weighted by Gasteiger charge is -2.32. The normalized spacial score (nSPS) is 20.2. The van der Waals surface area contributed by atoms with Crippen LogP contribution >= 0.6 is 0 Å². The van der Waals surface area contributed by atoms with Crippen molar-refractivity contribution in [2.45, 2.75) is 25.6 Å². The van der Waals surface area contributed by atoms with Crippen LogP contribution in [-0.4, -0.2) is 23.3 Å². The molecule has 1 N–H and O–H groups in total. The summed E-state index contributed by atoms with van der Waals surface area (Å²) >= 11 is 0. The van der Waals surface area contributed by atoms with Crippen LogP contribution in [0.2, 0.25) is 0 Å². The molecule has 1 aromatic carbocycles. The number of carbonyl (C=O) groups is 1. The molecule has 0 spiro atoms. The maximum atomic E-state index is 13.0. The molecule has 4 nitrogen and oxygen atoms in total. The van der Waals surface area contributed by atoms with Gasteiger partial charge in [-0.25, -0.2) is 0 Å². The van der Waals surface area contributed by atoms with Crippen LogP contribution in [0.4, 0.5) is 17.6 Å². The number of rotatable bonds is 3. The van der Waals surface area contributed by atoms with Gasteiger partial charge in [-0.2, -0.15) is 17.6 Å². The van der Waals surface area contributed by atoms with Crippen LogP contribution in [0.5, 0.6) is 11.5 Å². The second kappa shape index (κ2) is 4.53. The van der Waals surface area contributed by atoms with E-state index in [0.717, 1.165) is 12.1 Å². The van der Waals surface area contributed by atoms with E-state index in [1.54, 1.807) is 0 Å². The summed E-state index contributed by atoms with van der Waals surface area (Å²) in [4.78, 5) is 10.7. The summed E-state index contributed by atoms with van der Waals surface area (Å²) < 4.78 is 59.7. The molecule has 0 fully saturated rings. The molecule has 0 aromatic heterocycles. The Morgan fingerprint density at radius 1 is 1.20 bits per heavy atom. The van der Waals surface area contributed by atoms with Crippen LogP contribution in [-0.2, 0) is 11.2 Å². The summed E-state index contributed by atoms with van der Waals surface area (Å²) in [6.07, 6.45) is -9.49. The summed E-state index contributed by atoms with van der Waals surface area (Å²) in [6.45, 7) is 1.43. The number of hydrogen-bond acceptors (Lipinski definition) is 3. The molecule has 1 atom stereocenters. The van der Waals surface area contributed by atoms with Gasteiger partial charge < -0.3 is 14.6 Å². The Morgan fingerprint density at radius 3 is 2.30 bits per heavy atom. The van der Waals surface area contributed by atoms with E-state index >= 15 is 0 Å². The first kappa shape index (κ1) is 14.4. The third-order valence-corrected chi connectivity index (χ3v) is 2.79. The molecule has 1 aromatic rings. The Morgan fingerprint density at radius 2 is 1.75 bits per heavy atom. The van der Waals surface area contributed by atoms with Gasteiger partial charge in [0.15, 0.2) is 11.5 Å². The highest BCUT2D eigenvalue weighted by molar-refractivity contribution is 5.70. The quantitative estimate of drug-likeness (QED) is 0.871. The number of ether oxygens (including phenoxy) is 2. The van der Waals surface area contributed by atoms with Crippen molar-refractivity contribution in [1.82, 2.24) is 0 Å². The Bertz CT molecular complexity index is 544. The lowest BCUT2D eigenvalue weighted by molar-refractivity contribution is -0.391. The first-order chi connectivity index (χ1) is 9.12. The smallest absolute Gasteiger partial charge is 0.481 e. The molecule has 0 saturated heterocycles. The van der Waals surface area contributed by atoms with E-state index in [-0.39, 0.29) is 6.42 Å². The van der Waals surface area contributed by atoms with E-state index in [0.29, 0.717) is 5.56 Å². The molecule has 0 amide bonds. The number of benzene rings is 1. The van der Waals surface area contributed by atoms with Crippen molar-refractivity contribution < 1.29 is 36.9 Å². The van der Waals surface area contributed by atoms with Gasteiger partial charge in [0, 0.05) is 0 Å². The number of hydrogen-bond donors (Lipinski definition) is 1. The number of halogens is 4. The lowest BCUT2D eigenvalue weighted by Crippen LogP contribution is -2.52. The minimum absolute atomic E-state index is 0.0495. The Hall–Kier alpha value is -1.99. The molecule has 20 heavy (non-hydrogen) atoms. The van der Waals surface area contributed by atoms with E-state index in [4.69, 9.17) is 5.11 Å². The average molecular weight is 294 g/mol. The number of alkyl halides is 4. The van der Waals surface area contributed by atoms with Crippen molar-refractivity contribution in [3.63, 3.8) is 0 Å². The number of aliphatic carboxylic acids is 1. The molecular formula is C12H10F4O4. The van der Waals surface area contributed by atoms with Gasteiger partial charge in [0.2, 0.25) is 0 Å². The van der Waals surface area contributed by atoms with Crippen LogP contribution < -0.4 is 9.47 Å². The molecule has 110 valence electrons. The van der Waals surface area contributed by atoms with Gasteiger partial charge >= 0.3 is 18.2 Å². The lowest BCUT2D eigenvalue weighted by atomic mass is 10.0. The second-order valence-corrected chi connectivity index (χ2v) is 4.46. The largest absolute Gasteiger partial charge is 0.507 e. The third kappa shape index (κ3) is 2.50. The van der Waals surface area contributed by atoms with E-state index in [1.165, 1.54) is 13.0 Å². The molecule has 2 rings (SSSR count). The van der Waals surface area contributed by atoms with Gasteiger partial charge in [-0.05, 0) is 24.1 Å². The topological polar surface area (TPSA) is 55.8 Å². The molecule has 0 radical (unpaired) electrons. The Labute approximate surface area is 110 Å². The summed E-state index contributed by atoms with van der Waals surface area (Å²) in [7, 11) is 0. The van der Waals surface area contributed by atoms with Gasteiger partial charge in [-0.1, -0.05) is 13.0 Å². The average Bonchev–Trinajstić information content (AvgIpc) is 2.30. The molecule has 0 saturated carbocycles. The van der Waals surface area contributed by atoms with E-state index in [1.807, 2.05) is 0 Å². The van der Waals surface area contributed by atoms with E-state index in [9.17, 15) is 22.4 Å². The zero-order valence-electron chi connectivity index (χ0n) is 10.2. The SMILES string of the molecule is CC(Cc1ccc2c(c1)OC(F)(F)C(F)(F)O2)C(=O)O. The van der Waals surface area contributed by atoms with Crippen molar-refractivity contribution in [2.75, 3.05) is 0 Å². The summed E-state index contributed by atoms with van der Waals surface area (Å²) in [6, 6.07) is 3.43. The zero-order valence-corrected chi connectivity index (χ0v) is 10.2. The fraction of sp³-hybridized carbons (Fsp3) is 0.417. The molecule has 1 aliphatic heterocycles. The molecule has 1 aliphatic rings. The summed E-state index contributed by atoms with van der Waals surface area (Å²) in [5, 5.41) is 8.76. The number of carboxylic acids is 1. The maximum Gasteiger partial charge on any atom is 0.507 e. The molecule has 0 aliphatic carbocycles. The van der Waals surface area contributed by atoms with Crippen LogP contribution in [0.3, 0.4) is 0 Å². The minimum atomic E-state index is -4.78. The Balaban J connectivity index is 2.27. The van der Waals surface area contributed by atoms with E-state index in [2.05, 4.69) is 9.47 Å². The fourth-order valence-corrected chi connectivity index (χ4v) is 1.68. The molecule has 1 heterocycles. The predicted octanol–water partition coefficient (Wildman–Crippen LogP) is 2.91. The van der Waals surface area contributed by atoms with Crippen molar-refractivity contribution in [3.8, 4) is 11.5 Å². The fourth-order valence-electron chi connectivity index (χ4n) is 1.68. The van der Waals surface area contributed by atoms with Crippen molar-refractivity contribution >= 4 is 5.97 Å². The minimum Gasteiger partial charge on any atom is -0.481 e. The summed E-state index contributed by atoms with van der Waals surface area (Å²) in [5.41, 5.74) is 0.364. The van der Waals surface area contributed by atoms with Crippen molar-refractivity contribution in [2.24, 2.45) is 5.92 Å². The standard InChI is InChI=1S/C12H10F4O4/c1-6(10(17)18)4-7-2-3-8-9(5-7)20-12(15,16)11(13,14)19-8/h2-3,5-6H,4H2,1H3,(H,17,18). The van der Waals surface area contributed by atoms with Gasteiger partial charge in [0.1, 0.15) is 0 Å². The molecule has 0 bridgehead atoms. The van der Waals surface area contributed by atoms with Crippen LogP contribution in [0.1, 0.15) is 12.5 Å². The van der Waals surface area contributed by atoms with Crippen LogP contribution in [0.15, 0.2) is 18.2 Å². The monoisotopic (exact) mass is 294 g/mol. The van der Waals surface area contributed by atoms with Gasteiger partial charge in [0.05, 0.1) is 5.92 Å². The summed E-state index contributed by atoms with van der Waals surface area (Å²) in [5.74, 6) is -2.88. The molecule has 8 heteroatoms. The number of carboxylic acid groups (broad SMARTS) is 1. The van der Waals surface area contributed by atoms with Gasteiger partial charge in [-0.15, -0.1) is 0 Å². The molecule has 1 unspecified atom stereocenters. The van der Waals surface area contributed by atoms with Crippen LogP contribution in [0, 0.1) is 5.92 Å². The molecular weight excluding hydrogens is 284 g/mol. The van der Waals surface area contributed by atoms with Crippen molar-refractivity contribution in [1.29, 1.82) is 0 Å². The van der Waals surface area contributed by atoms with Crippen LogP contribution in [0.25, 0.3) is 0 Å². The second-order valence-electron chi connectivity index (χ2n) is 4.46. The van der Waals surface area contributed by atoms with Gasteiger partial charge in [0.25, 0.3) is 0 Å². The highest BCUT2D eigenvalue weighted by atomic mass is 19.3. The highest BCUT2D eigenvalue weighted by Crippen LogP contribution is 2.47. The Kier molecular flexibility index (Phi) is 3.27. The third-order valence-electron chi connectivity index (χ3n) is 2.79. The van der Waals surface area contributed by atoms with E-state index < -0.39 is 35.6 Å². The highest BCUT2D eigenvalue weighted by Gasteiger charge is 2.65. The maximum absolute atomic E-state index is 13.0. The first-order valence-electron chi connectivity index (χ1n) is 5.62.